The molecule has 0 fully saturated rings. The highest BCUT2D eigenvalue weighted by Gasteiger charge is 2.01. The molecule has 0 heterocycles. The Morgan fingerprint density at radius 2 is 1.80 bits per heavy atom. The molecule has 0 aromatic heterocycles. The summed E-state index contributed by atoms with van der Waals surface area (Å²) in [5.74, 6) is -0.200. The molecule has 0 saturated carbocycles. The van der Waals surface area contributed by atoms with Gasteiger partial charge in [0.15, 0.2) is 0 Å². The normalized spacial score (nSPS) is 10.8. The Balaban J connectivity index is 2.11. The maximum Gasteiger partial charge on any atom is 0.335 e. The van der Waals surface area contributed by atoms with E-state index in [9.17, 15) is 4.79 Å². The number of carboxylic acids is 1. The first-order valence-corrected chi connectivity index (χ1v) is 7.35. The molecular weight excluding hydrogens is 252 g/mol. The number of unbranched alkanes of at least 4 members (excludes halogenated alkanes) is 4. The van der Waals surface area contributed by atoms with Gasteiger partial charge in [0.1, 0.15) is 5.75 Å². The van der Waals surface area contributed by atoms with Gasteiger partial charge in [-0.3, -0.25) is 0 Å². The van der Waals surface area contributed by atoms with Crippen molar-refractivity contribution >= 4 is 5.97 Å². The van der Waals surface area contributed by atoms with Crippen LogP contribution in [0.3, 0.4) is 0 Å². The Hall–Kier alpha value is -1.77. The number of aromatic carboxylic acids is 1. The fourth-order valence-corrected chi connectivity index (χ4v) is 1.86. The summed E-state index contributed by atoms with van der Waals surface area (Å²) in [6.45, 7) is 2.84. The SMILES string of the molecule is CCCCCC/C=C/CCOc1ccc(C(=O)O)cc1. The van der Waals surface area contributed by atoms with Crippen molar-refractivity contribution in [2.75, 3.05) is 6.61 Å². The number of hydrogen-bond acceptors (Lipinski definition) is 2. The molecule has 1 rings (SSSR count). The molecule has 0 aliphatic heterocycles. The van der Waals surface area contributed by atoms with E-state index in [2.05, 4.69) is 19.1 Å². The van der Waals surface area contributed by atoms with Gasteiger partial charge in [-0.25, -0.2) is 4.79 Å². The topological polar surface area (TPSA) is 46.5 Å². The molecular formula is C17H24O3. The van der Waals surface area contributed by atoms with Crippen LogP contribution in [0, 0.1) is 0 Å². The molecule has 0 aliphatic rings. The molecule has 0 spiro atoms. The standard InChI is InChI=1S/C17H24O3/c1-2-3-4-5-6-7-8-9-14-20-16-12-10-15(11-13-16)17(18)19/h7-8,10-13H,2-6,9,14H2,1H3,(H,18,19)/b8-7+. The van der Waals surface area contributed by atoms with Gasteiger partial charge in [0, 0.05) is 0 Å². The molecule has 1 aromatic carbocycles. The van der Waals surface area contributed by atoms with E-state index in [0.717, 1.165) is 12.8 Å². The van der Waals surface area contributed by atoms with Crippen molar-refractivity contribution in [3.63, 3.8) is 0 Å². The highest BCUT2D eigenvalue weighted by Crippen LogP contribution is 2.12. The Bertz CT molecular complexity index is 407. The maximum absolute atomic E-state index is 10.7. The first-order chi connectivity index (χ1) is 9.74. The van der Waals surface area contributed by atoms with Crippen LogP contribution in [0.25, 0.3) is 0 Å². The summed E-state index contributed by atoms with van der Waals surface area (Å²) in [6.07, 6.45) is 11.6. The lowest BCUT2D eigenvalue weighted by Crippen LogP contribution is -1.98. The zero-order chi connectivity index (χ0) is 14.6. The molecule has 1 aromatic rings. The summed E-state index contributed by atoms with van der Waals surface area (Å²) < 4.78 is 5.54. The number of carbonyl (C=O) groups is 1. The number of ether oxygens (including phenoxy) is 1. The number of hydrogen-bond donors (Lipinski definition) is 1. The highest BCUT2D eigenvalue weighted by atomic mass is 16.5. The number of rotatable bonds is 10. The van der Waals surface area contributed by atoms with Gasteiger partial charge in [-0.15, -0.1) is 0 Å². The van der Waals surface area contributed by atoms with E-state index in [4.69, 9.17) is 9.84 Å². The van der Waals surface area contributed by atoms with Gasteiger partial charge in [-0.05, 0) is 43.5 Å². The average molecular weight is 276 g/mol. The Morgan fingerprint density at radius 1 is 1.10 bits per heavy atom. The van der Waals surface area contributed by atoms with Gasteiger partial charge >= 0.3 is 5.97 Å². The van der Waals surface area contributed by atoms with Crippen molar-refractivity contribution in [1.82, 2.24) is 0 Å². The lowest BCUT2D eigenvalue weighted by molar-refractivity contribution is 0.0697. The maximum atomic E-state index is 10.7. The molecule has 0 bridgehead atoms. The van der Waals surface area contributed by atoms with Crippen molar-refractivity contribution in [3.8, 4) is 5.75 Å². The molecule has 0 unspecified atom stereocenters. The lowest BCUT2D eigenvalue weighted by atomic mass is 10.1. The largest absolute Gasteiger partial charge is 0.493 e. The van der Waals surface area contributed by atoms with Gasteiger partial charge in [0.05, 0.1) is 12.2 Å². The second kappa shape index (κ2) is 10.1. The van der Waals surface area contributed by atoms with Crippen LogP contribution in [0.2, 0.25) is 0 Å². The smallest absolute Gasteiger partial charge is 0.335 e. The molecule has 0 radical (unpaired) electrons. The quantitative estimate of drug-likeness (QED) is 0.498. The van der Waals surface area contributed by atoms with Crippen molar-refractivity contribution in [3.05, 3.63) is 42.0 Å². The van der Waals surface area contributed by atoms with Crippen LogP contribution < -0.4 is 4.74 Å². The number of allylic oxidation sites excluding steroid dienone is 1. The monoisotopic (exact) mass is 276 g/mol. The summed E-state index contributed by atoms with van der Waals surface area (Å²) in [5.41, 5.74) is 0.282. The van der Waals surface area contributed by atoms with E-state index in [0.29, 0.717) is 12.4 Å². The van der Waals surface area contributed by atoms with Gasteiger partial charge in [-0.2, -0.15) is 0 Å². The summed E-state index contributed by atoms with van der Waals surface area (Å²) >= 11 is 0. The van der Waals surface area contributed by atoms with Crippen molar-refractivity contribution in [1.29, 1.82) is 0 Å². The predicted octanol–water partition coefficient (Wildman–Crippen LogP) is 4.68. The number of benzene rings is 1. The minimum Gasteiger partial charge on any atom is -0.493 e. The second-order valence-corrected chi connectivity index (χ2v) is 4.79. The van der Waals surface area contributed by atoms with Crippen molar-refractivity contribution in [2.45, 2.75) is 45.4 Å². The molecule has 0 aliphatic carbocycles. The molecule has 3 heteroatoms. The third-order valence-corrected chi connectivity index (χ3v) is 3.05. The molecule has 110 valence electrons. The van der Waals surface area contributed by atoms with E-state index in [1.807, 2.05) is 0 Å². The van der Waals surface area contributed by atoms with Crippen LogP contribution in [0.5, 0.6) is 5.75 Å². The summed E-state index contributed by atoms with van der Waals surface area (Å²) in [4.78, 5) is 10.7. The Morgan fingerprint density at radius 3 is 2.45 bits per heavy atom. The van der Waals surface area contributed by atoms with E-state index >= 15 is 0 Å². The molecule has 0 amide bonds. The third kappa shape index (κ3) is 6.98. The van der Waals surface area contributed by atoms with Crippen LogP contribution in [0.15, 0.2) is 36.4 Å². The van der Waals surface area contributed by atoms with Gasteiger partial charge in [0.2, 0.25) is 0 Å². The predicted molar refractivity (Wildman–Crippen MR) is 81.4 cm³/mol. The number of carboxylic acid groups (broad SMARTS) is 1. The zero-order valence-corrected chi connectivity index (χ0v) is 12.2. The highest BCUT2D eigenvalue weighted by molar-refractivity contribution is 5.87. The summed E-state index contributed by atoms with van der Waals surface area (Å²) in [6, 6.07) is 6.50. The fraction of sp³-hybridized carbons (Fsp3) is 0.471. The third-order valence-electron chi connectivity index (χ3n) is 3.05. The molecule has 0 saturated heterocycles. The minimum atomic E-state index is -0.914. The van der Waals surface area contributed by atoms with Crippen molar-refractivity contribution < 1.29 is 14.6 Å². The van der Waals surface area contributed by atoms with Crippen LogP contribution in [-0.2, 0) is 0 Å². The van der Waals surface area contributed by atoms with E-state index < -0.39 is 5.97 Å². The summed E-state index contributed by atoms with van der Waals surface area (Å²) in [7, 11) is 0. The minimum absolute atomic E-state index is 0.282. The first-order valence-electron chi connectivity index (χ1n) is 7.35. The Kier molecular flexibility index (Phi) is 8.20. The fourth-order valence-electron chi connectivity index (χ4n) is 1.86. The van der Waals surface area contributed by atoms with Crippen LogP contribution in [0.4, 0.5) is 0 Å². The van der Waals surface area contributed by atoms with Crippen LogP contribution in [0.1, 0.15) is 55.8 Å². The lowest BCUT2D eigenvalue weighted by Gasteiger charge is -2.04. The molecule has 20 heavy (non-hydrogen) atoms. The van der Waals surface area contributed by atoms with Gasteiger partial charge < -0.3 is 9.84 Å². The van der Waals surface area contributed by atoms with Crippen LogP contribution in [-0.4, -0.2) is 17.7 Å². The van der Waals surface area contributed by atoms with Gasteiger partial charge in [0.25, 0.3) is 0 Å². The molecule has 1 N–H and O–H groups in total. The second-order valence-electron chi connectivity index (χ2n) is 4.79. The zero-order valence-electron chi connectivity index (χ0n) is 12.2. The molecule has 0 atom stereocenters. The summed E-state index contributed by atoms with van der Waals surface area (Å²) in [5, 5.41) is 8.78. The van der Waals surface area contributed by atoms with Crippen LogP contribution >= 0.6 is 0 Å². The van der Waals surface area contributed by atoms with Crippen molar-refractivity contribution in [2.24, 2.45) is 0 Å². The average Bonchev–Trinajstić information content (AvgIpc) is 2.46. The van der Waals surface area contributed by atoms with E-state index in [-0.39, 0.29) is 5.56 Å². The van der Waals surface area contributed by atoms with Gasteiger partial charge in [-0.1, -0.05) is 38.3 Å². The van der Waals surface area contributed by atoms with E-state index in [1.165, 1.54) is 25.7 Å². The Labute approximate surface area is 121 Å². The van der Waals surface area contributed by atoms with E-state index in [1.54, 1.807) is 24.3 Å². The first kappa shape index (κ1) is 16.3. The molecule has 3 nitrogen and oxygen atoms in total.